The highest BCUT2D eigenvalue weighted by Crippen LogP contribution is 2.30. The standard InChI is InChI=1S/C24H30FN3O3S2/c1-4-27(5-2)15-16-28(24-26-23-20(25)8-6-9-21(23)32-24)22(29)10-7-17-33(30,31)19-13-11-18(3)12-14-19/h6,8-9,11-14H,4-5,7,10,15-17H2,1-3H3. The fourth-order valence-electron chi connectivity index (χ4n) is 3.54. The summed E-state index contributed by atoms with van der Waals surface area (Å²) in [5.41, 5.74) is 1.24. The molecule has 0 bridgehead atoms. The third kappa shape index (κ3) is 6.37. The van der Waals surface area contributed by atoms with Crippen molar-refractivity contribution in [1.82, 2.24) is 9.88 Å². The molecule has 0 radical (unpaired) electrons. The fraction of sp³-hybridized carbons (Fsp3) is 0.417. The number of rotatable bonds is 11. The molecule has 33 heavy (non-hydrogen) atoms. The molecule has 0 unspecified atom stereocenters. The molecule has 0 saturated heterocycles. The molecule has 1 amide bonds. The van der Waals surface area contributed by atoms with E-state index in [2.05, 4.69) is 23.7 Å². The van der Waals surface area contributed by atoms with Crippen LogP contribution in [0.5, 0.6) is 0 Å². The second-order valence-corrected chi connectivity index (χ2v) is 11.0. The molecular weight excluding hydrogens is 461 g/mol. The van der Waals surface area contributed by atoms with Crippen LogP contribution in [-0.4, -0.2) is 56.1 Å². The van der Waals surface area contributed by atoms with E-state index in [0.717, 1.165) is 18.7 Å². The lowest BCUT2D eigenvalue weighted by atomic mass is 10.2. The first-order valence-corrected chi connectivity index (χ1v) is 13.6. The Balaban J connectivity index is 1.74. The van der Waals surface area contributed by atoms with E-state index >= 15 is 0 Å². The van der Waals surface area contributed by atoms with Crippen LogP contribution < -0.4 is 4.90 Å². The largest absolute Gasteiger partial charge is 0.302 e. The van der Waals surface area contributed by atoms with Crippen LogP contribution in [0.25, 0.3) is 10.2 Å². The van der Waals surface area contributed by atoms with Crippen LogP contribution >= 0.6 is 11.3 Å². The van der Waals surface area contributed by atoms with Gasteiger partial charge in [0.05, 0.1) is 15.3 Å². The molecule has 1 aromatic heterocycles. The van der Waals surface area contributed by atoms with E-state index in [0.29, 0.717) is 22.9 Å². The minimum atomic E-state index is -3.46. The van der Waals surface area contributed by atoms with Crippen LogP contribution in [0.2, 0.25) is 0 Å². The first kappa shape index (κ1) is 25.3. The van der Waals surface area contributed by atoms with Crippen molar-refractivity contribution in [2.24, 2.45) is 0 Å². The monoisotopic (exact) mass is 491 g/mol. The number of amides is 1. The third-order valence-electron chi connectivity index (χ3n) is 5.61. The quantitative estimate of drug-likeness (QED) is 0.390. The summed E-state index contributed by atoms with van der Waals surface area (Å²) in [6, 6.07) is 11.5. The summed E-state index contributed by atoms with van der Waals surface area (Å²) in [6.45, 7) is 8.77. The second kappa shape index (κ2) is 11.2. The Morgan fingerprint density at radius 2 is 1.76 bits per heavy atom. The lowest BCUT2D eigenvalue weighted by Gasteiger charge is -2.24. The lowest BCUT2D eigenvalue weighted by molar-refractivity contribution is -0.118. The SMILES string of the molecule is CCN(CC)CCN(C(=O)CCCS(=O)(=O)c1ccc(C)cc1)c1nc2c(F)cccc2s1. The van der Waals surface area contributed by atoms with Gasteiger partial charge in [-0.05, 0) is 50.7 Å². The number of aryl methyl sites for hydroxylation is 1. The highest BCUT2D eigenvalue weighted by atomic mass is 32.2. The van der Waals surface area contributed by atoms with Crippen molar-refractivity contribution in [3.05, 3.63) is 53.8 Å². The zero-order valence-corrected chi connectivity index (χ0v) is 20.9. The summed E-state index contributed by atoms with van der Waals surface area (Å²) in [4.78, 5) is 21.6. The average Bonchev–Trinajstić information content (AvgIpc) is 3.22. The van der Waals surface area contributed by atoms with Crippen molar-refractivity contribution in [1.29, 1.82) is 0 Å². The Bertz CT molecular complexity index is 1190. The number of para-hydroxylation sites is 1. The van der Waals surface area contributed by atoms with E-state index in [-0.39, 0.29) is 34.9 Å². The maximum Gasteiger partial charge on any atom is 0.228 e. The van der Waals surface area contributed by atoms with E-state index in [9.17, 15) is 17.6 Å². The molecule has 6 nitrogen and oxygen atoms in total. The van der Waals surface area contributed by atoms with Gasteiger partial charge in [0.1, 0.15) is 11.3 Å². The van der Waals surface area contributed by atoms with Gasteiger partial charge < -0.3 is 4.90 Å². The predicted molar refractivity (Wildman–Crippen MR) is 132 cm³/mol. The second-order valence-electron chi connectivity index (χ2n) is 7.89. The summed E-state index contributed by atoms with van der Waals surface area (Å²) in [7, 11) is -3.46. The van der Waals surface area contributed by atoms with E-state index in [4.69, 9.17) is 0 Å². The van der Waals surface area contributed by atoms with Crippen LogP contribution in [0.3, 0.4) is 0 Å². The summed E-state index contributed by atoms with van der Waals surface area (Å²) in [5, 5.41) is 0.439. The smallest absolute Gasteiger partial charge is 0.228 e. The van der Waals surface area contributed by atoms with E-state index in [1.807, 2.05) is 6.92 Å². The maximum absolute atomic E-state index is 14.2. The molecule has 0 aliphatic carbocycles. The Morgan fingerprint density at radius 1 is 1.06 bits per heavy atom. The Hall–Kier alpha value is -2.36. The van der Waals surface area contributed by atoms with Gasteiger partial charge in [-0.3, -0.25) is 9.69 Å². The Kier molecular flexibility index (Phi) is 8.56. The van der Waals surface area contributed by atoms with Crippen molar-refractivity contribution >= 4 is 42.4 Å². The van der Waals surface area contributed by atoms with Crippen molar-refractivity contribution in [3.8, 4) is 0 Å². The molecule has 3 rings (SSSR count). The zero-order valence-electron chi connectivity index (χ0n) is 19.3. The molecular formula is C24H30FN3O3S2. The highest BCUT2D eigenvalue weighted by molar-refractivity contribution is 7.91. The number of sulfone groups is 1. The van der Waals surface area contributed by atoms with Crippen LogP contribution in [0.15, 0.2) is 47.4 Å². The van der Waals surface area contributed by atoms with Crippen molar-refractivity contribution < 1.29 is 17.6 Å². The Morgan fingerprint density at radius 3 is 2.39 bits per heavy atom. The number of anilines is 1. The van der Waals surface area contributed by atoms with Crippen molar-refractivity contribution in [3.63, 3.8) is 0 Å². The number of nitrogens with zero attached hydrogens (tertiary/aromatic N) is 3. The highest BCUT2D eigenvalue weighted by Gasteiger charge is 2.22. The molecule has 0 atom stereocenters. The maximum atomic E-state index is 14.2. The minimum absolute atomic E-state index is 0.0712. The summed E-state index contributed by atoms with van der Waals surface area (Å²) in [6.07, 6.45) is 0.276. The lowest BCUT2D eigenvalue weighted by Crippen LogP contribution is -2.38. The summed E-state index contributed by atoms with van der Waals surface area (Å²) >= 11 is 1.27. The number of aromatic nitrogens is 1. The molecule has 0 saturated carbocycles. The molecule has 0 aliphatic rings. The van der Waals surface area contributed by atoms with Gasteiger partial charge in [0, 0.05) is 19.5 Å². The third-order valence-corrected chi connectivity index (χ3v) is 8.47. The van der Waals surface area contributed by atoms with E-state index < -0.39 is 15.7 Å². The first-order chi connectivity index (χ1) is 15.7. The molecule has 0 spiro atoms. The van der Waals surface area contributed by atoms with Gasteiger partial charge in [-0.15, -0.1) is 0 Å². The van der Waals surface area contributed by atoms with Gasteiger partial charge in [0.25, 0.3) is 0 Å². The topological polar surface area (TPSA) is 70.6 Å². The van der Waals surface area contributed by atoms with Gasteiger partial charge in [0.15, 0.2) is 15.0 Å². The van der Waals surface area contributed by atoms with Crippen LogP contribution in [0.4, 0.5) is 9.52 Å². The predicted octanol–water partition coefficient (Wildman–Crippen LogP) is 4.67. The number of likely N-dealkylation sites (N-methyl/N-ethyl adjacent to an activating group) is 1. The van der Waals surface area contributed by atoms with Crippen LogP contribution in [0.1, 0.15) is 32.3 Å². The minimum Gasteiger partial charge on any atom is -0.302 e. The number of carbonyl (C=O) groups is 1. The van der Waals surface area contributed by atoms with Crippen LogP contribution in [-0.2, 0) is 14.6 Å². The van der Waals surface area contributed by atoms with Crippen LogP contribution in [0, 0.1) is 12.7 Å². The average molecular weight is 492 g/mol. The number of fused-ring (bicyclic) bond motifs is 1. The van der Waals surface area contributed by atoms with E-state index in [1.54, 1.807) is 41.3 Å². The Labute approximate surface area is 199 Å². The fourth-order valence-corrected chi connectivity index (χ4v) is 5.87. The normalized spacial score (nSPS) is 11.9. The van der Waals surface area contributed by atoms with Gasteiger partial charge in [-0.1, -0.05) is 48.9 Å². The molecule has 3 aromatic rings. The molecule has 0 aliphatic heterocycles. The number of carbonyl (C=O) groups excluding carboxylic acids is 1. The van der Waals surface area contributed by atoms with E-state index in [1.165, 1.54) is 17.4 Å². The number of hydrogen-bond donors (Lipinski definition) is 0. The zero-order chi connectivity index (χ0) is 24.0. The molecule has 178 valence electrons. The van der Waals surface area contributed by atoms with Gasteiger partial charge in [-0.25, -0.2) is 17.8 Å². The number of hydrogen-bond acceptors (Lipinski definition) is 6. The van der Waals surface area contributed by atoms with Gasteiger partial charge >= 0.3 is 0 Å². The molecule has 0 N–H and O–H groups in total. The van der Waals surface area contributed by atoms with Gasteiger partial charge in [0.2, 0.25) is 5.91 Å². The first-order valence-electron chi connectivity index (χ1n) is 11.1. The molecule has 0 fully saturated rings. The molecule has 9 heteroatoms. The summed E-state index contributed by atoms with van der Waals surface area (Å²) in [5.74, 6) is -0.740. The molecule has 1 heterocycles. The summed E-state index contributed by atoms with van der Waals surface area (Å²) < 4.78 is 40.1. The number of thiazole rings is 1. The molecule has 2 aromatic carbocycles. The number of benzene rings is 2. The number of halogens is 1. The van der Waals surface area contributed by atoms with Crippen molar-refractivity contribution in [2.75, 3.05) is 36.8 Å². The van der Waals surface area contributed by atoms with Gasteiger partial charge in [-0.2, -0.15) is 0 Å². The van der Waals surface area contributed by atoms with Crippen molar-refractivity contribution in [2.45, 2.75) is 38.5 Å².